The number of halogens is 3. The number of rotatable bonds is 1. The van der Waals surface area contributed by atoms with Gasteiger partial charge >= 0.3 is 29.6 Å². The zero-order valence-electron chi connectivity index (χ0n) is 15.6. The van der Waals surface area contributed by atoms with Gasteiger partial charge in [0, 0.05) is 52.4 Å². The first-order valence-corrected chi connectivity index (χ1v) is 11.9. The first-order chi connectivity index (χ1) is 12.1. The third-order valence-corrected chi connectivity index (χ3v) is 6.75. The smallest absolute Gasteiger partial charge is 1.00 e. The second-order valence-electron chi connectivity index (χ2n) is 5.10. The molecule has 0 atom stereocenters. The van der Waals surface area contributed by atoms with E-state index in [9.17, 15) is 0 Å². The van der Waals surface area contributed by atoms with E-state index in [1.807, 2.05) is 6.20 Å². The van der Waals surface area contributed by atoms with Gasteiger partial charge in [0.15, 0.2) is 9.05 Å². The maximum absolute atomic E-state index is 4.31. The number of piperazine rings is 2. The summed E-state index contributed by atoms with van der Waals surface area (Å²) in [4.78, 5) is 10.5. The maximum Gasteiger partial charge on any atom is 1.00 e. The first-order valence-electron chi connectivity index (χ1n) is 7.90. The maximum atomic E-state index is 4.31. The van der Waals surface area contributed by atoms with Gasteiger partial charge in [0.2, 0.25) is 0 Å². The fourth-order valence-corrected chi connectivity index (χ4v) is 5.53. The molecular formula is C14H22Br3N6NaS2. The molecular weight excluding hydrogens is 579 g/mol. The van der Waals surface area contributed by atoms with Crippen molar-refractivity contribution in [2.75, 3.05) is 57.3 Å². The zero-order chi connectivity index (χ0) is 17.9. The van der Waals surface area contributed by atoms with Crippen molar-refractivity contribution < 1.29 is 31.0 Å². The summed E-state index contributed by atoms with van der Waals surface area (Å²) in [6.45, 7) is 8.83. The van der Waals surface area contributed by atoms with Crippen LogP contribution >= 0.6 is 70.5 Å². The van der Waals surface area contributed by atoms with Crippen LogP contribution in [0.5, 0.6) is 0 Å². The number of anilines is 1. The third kappa shape index (κ3) is 10.8. The summed E-state index contributed by atoms with van der Waals surface area (Å²) in [7, 11) is 0. The number of thiazole rings is 2. The minimum absolute atomic E-state index is 0. The molecule has 2 aromatic heterocycles. The summed E-state index contributed by atoms with van der Waals surface area (Å²) in [6.07, 6.45) is 3.62. The first kappa shape index (κ1) is 25.4. The summed E-state index contributed by atoms with van der Waals surface area (Å²) in [5.41, 5.74) is 0. The predicted molar refractivity (Wildman–Crippen MR) is 119 cm³/mol. The Morgan fingerprint density at radius 2 is 1.31 bits per heavy atom. The van der Waals surface area contributed by atoms with Crippen LogP contribution in [0.1, 0.15) is 1.43 Å². The zero-order valence-corrected chi connectivity index (χ0v) is 23.0. The van der Waals surface area contributed by atoms with E-state index < -0.39 is 0 Å². The standard InChI is InChI=1S/C7H10BrN3S.C4H10N2.C3HBr2NS.Na.H/c8-6-5-10-7(12-6)11-3-1-9-2-4-11;1-2-6-4-3-5-1;4-2-1-6-3(5)7-2;;/h5,9H,1-4H2;5-6H,1-4H2;1H;;/q;;;+1;-1. The monoisotopic (exact) mass is 598 g/mol. The van der Waals surface area contributed by atoms with Gasteiger partial charge in [0.1, 0.15) is 0 Å². The minimum atomic E-state index is 0. The van der Waals surface area contributed by atoms with Gasteiger partial charge in [-0.3, -0.25) is 0 Å². The number of nitrogens with zero attached hydrogens (tertiary/aromatic N) is 3. The van der Waals surface area contributed by atoms with Gasteiger partial charge in [-0.15, -0.1) is 11.3 Å². The average Bonchev–Trinajstić information content (AvgIpc) is 3.26. The van der Waals surface area contributed by atoms with Crippen molar-refractivity contribution in [3.8, 4) is 0 Å². The van der Waals surface area contributed by atoms with Crippen LogP contribution in [0.3, 0.4) is 0 Å². The molecule has 0 bridgehead atoms. The van der Waals surface area contributed by atoms with Crippen molar-refractivity contribution in [1.82, 2.24) is 25.9 Å². The van der Waals surface area contributed by atoms with E-state index in [1.54, 1.807) is 28.9 Å². The molecule has 0 unspecified atom stereocenters. The van der Waals surface area contributed by atoms with Gasteiger partial charge in [0.05, 0.1) is 20.0 Å². The molecule has 3 N–H and O–H groups in total. The number of nitrogens with one attached hydrogen (secondary N) is 3. The van der Waals surface area contributed by atoms with E-state index in [4.69, 9.17) is 0 Å². The summed E-state index contributed by atoms with van der Waals surface area (Å²) < 4.78 is 3.08. The Labute approximate surface area is 211 Å². The Bertz CT molecular complexity index is 583. The van der Waals surface area contributed by atoms with E-state index in [0.29, 0.717) is 0 Å². The van der Waals surface area contributed by atoms with Crippen molar-refractivity contribution in [2.45, 2.75) is 0 Å². The molecule has 142 valence electrons. The van der Waals surface area contributed by atoms with Gasteiger partial charge in [-0.25, -0.2) is 9.97 Å². The molecule has 26 heavy (non-hydrogen) atoms. The second kappa shape index (κ2) is 15.3. The molecule has 6 nitrogen and oxygen atoms in total. The van der Waals surface area contributed by atoms with Crippen LogP contribution in [0.15, 0.2) is 23.9 Å². The summed E-state index contributed by atoms with van der Waals surface area (Å²) in [6, 6.07) is 0. The Kier molecular flexibility index (Phi) is 14.9. The van der Waals surface area contributed by atoms with Crippen LogP contribution in [0, 0.1) is 0 Å². The van der Waals surface area contributed by atoms with E-state index >= 15 is 0 Å². The molecule has 2 aromatic rings. The fourth-order valence-electron chi connectivity index (χ4n) is 2.09. The van der Waals surface area contributed by atoms with Crippen LogP contribution in [0.25, 0.3) is 0 Å². The van der Waals surface area contributed by atoms with Crippen LogP contribution in [0.4, 0.5) is 5.13 Å². The van der Waals surface area contributed by atoms with Gasteiger partial charge < -0.3 is 22.3 Å². The number of aromatic nitrogens is 2. The quantitative estimate of drug-likeness (QED) is 0.409. The topological polar surface area (TPSA) is 65.1 Å². The second-order valence-corrected chi connectivity index (χ2v) is 11.2. The van der Waals surface area contributed by atoms with Gasteiger partial charge in [-0.2, -0.15) is 0 Å². The summed E-state index contributed by atoms with van der Waals surface area (Å²) in [5.74, 6) is 0. The van der Waals surface area contributed by atoms with Crippen LogP contribution in [-0.4, -0.2) is 62.3 Å². The van der Waals surface area contributed by atoms with Crippen molar-refractivity contribution in [2.24, 2.45) is 0 Å². The van der Waals surface area contributed by atoms with Crippen LogP contribution < -0.4 is 50.4 Å². The summed E-state index contributed by atoms with van der Waals surface area (Å²) in [5, 5.41) is 10.9. The van der Waals surface area contributed by atoms with Crippen molar-refractivity contribution >= 4 is 75.6 Å². The fraction of sp³-hybridized carbons (Fsp3) is 0.571. The van der Waals surface area contributed by atoms with Gasteiger partial charge in [-0.05, 0) is 47.8 Å². The Hall–Kier alpha value is 1.38. The van der Waals surface area contributed by atoms with E-state index in [2.05, 4.69) is 78.6 Å². The molecule has 0 radical (unpaired) electrons. The molecule has 2 fully saturated rings. The normalized spacial score (nSPS) is 16.5. The van der Waals surface area contributed by atoms with Gasteiger partial charge in [-0.1, -0.05) is 11.3 Å². The molecule has 2 aliphatic heterocycles. The Morgan fingerprint density at radius 1 is 0.808 bits per heavy atom. The van der Waals surface area contributed by atoms with Crippen molar-refractivity contribution in [1.29, 1.82) is 0 Å². The van der Waals surface area contributed by atoms with E-state index in [1.165, 1.54) is 0 Å². The Morgan fingerprint density at radius 3 is 1.65 bits per heavy atom. The molecule has 0 spiro atoms. The predicted octanol–water partition coefficient (Wildman–Crippen LogP) is 0.279. The summed E-state index contributed by atoms with van der Waals surface area (Å²) >= 11 is 13.1. The molecule has 2 saturated heterocycles. The number of hydrogen-bond donors (Lipinski definition) is 3. The Balaban J connectivity index is 0.000000391. The van der Waals surface area contributed by atoms with Crippen molar-refractivity contribution in [3.05, 3.63) is 23.9 Å². The van der Waals surface area contributed by atoms with Crippen LogP contribution in [0.2, 0.25) is 0 Å². The number of hydrogen-bond acceptors (Lipinski definition) is 8. The molecule has 0 aromatic carbocycles. The SMILES string of the molecule is Brc1cnc(Br)s1.Brc1cnc(N2CCNCC2)s1.C1CNCCN1.[H-].[Na+]. The molecule has 2 aliphatic rings. The van der Waals surface area contributed by atoms with Crippen LogP contribution in [-0.2, 0) is 0 Å². The largest absolute Gasteiger partial charge is 1.00 e. The average molecular weight is 601 g/mol. The molecule has 4 heterocycles. The van der Waals surface area contributed by atoms with Gasteiger partial charge in [0.25, 0.3) is 0 Å². The van der Waals surface area contributed by atoms with E-state index in [-0.39, 0.29) is 31.0 Å². The van der Waals surface area contributed by atoms with Crippen molar-refractivity contribution in [3.63, 3.8) is 0 Å². The molecule has 0 saturated carbocycles. The molecule has 0 aliphatic carbocycles. The third-order valence-electron chi connectivity index (χ3n) is 3.26. The molecule has 0 amide bonds. The molecule has 12 heteroatoms. The van der Waals surface area contributed by atoms with E-state index in [0.717, 1.165) is 69.0 Å². The molecule has 4 rings (SSSR count). The minimum Gasteiger partial charge on any atom is -1.00 e.